The summed E-state index contributed by atoms with van der Waals surface area (Å²) in [5.41, 5.74) is 2.96. The van der Waals surface area contributed by atoms with Crippen LogP contribution in [0.3, 0.4) is 0 Å². The van der Waals surface area contributed by atoms with Gasteiger partial charge in [0.25, 0.3) is 5.56 Å². The third kappa shape index (κ3) is 5.29. The van der Waals surface area contributed by atoms with Crippen molar-refractivity contribution in [3.8, 4) is 23.6 Å². The van der Waals surface area contributed by atoms with E-state index in [1.165, 1.54) is 10.6 Å². The van der Waals surface area contributed by atoms with E-state index in [0.717, 1.165) is 0 Å². The quantitative estimate of drug-likeness (QED) is 0.333. The summed E-state index contributed by atoms with van der Waals surface area (Å²) >= 11 is 5.89. The number of aryl methyl sites for hydroxylation is 2. The number of benzene rings is 1. The highest BCUT2D eigenvalue weighted by Crippen LogP contribution is 2.30. The molecule has 1 atom stereocenters. The lowest BCUT2D eigenvalue weighted by atomic mass is 10.1. The molecule has 0 saturated heterocycles. The Morgan fingerprint density at radius 2 is 1.83 bits per heavy atom. The molecule has 0 bridgehead atoms. The maximum absolute atomic E-state index is 15.1. The monoisotopic (exact) mass is 485 g/mol. The summed E-state index contributed by atoms with van der Waals surface area (Å²) in [6.45, 7) is 0. The molecule has 0 aliphatic carbocycles. The van der Waals surface area contributed by atoms with Crippen LogP contribution in [-0.2, 0) is 14.1 Å². The van der Waals surface area contributed by atoms with Gasteiger partial charge in [-0.05, 0) is 42.0 Å². The molecule has 0 saturated carbocycles. The smallest absolute Gasteiger partial charge is 0.251 e. The lowest BCUT2D eigenvalue weighted by molar-refractivity contribution is 0.394. The first kappa shape index (κ1) is 23.9. The Hall–Kier alpha value is -4.28. The molecule has 0 spiro atoms. The van der Waals surface area contributed by atoms with Crippen LogP contribution in [-0.4, -0.2) is 24.1 Å². The van der Waals surface area contributed by atoms with Crippen LogP contribution in [0.5, 0.6) is 0 Å². The first-order chi connectivity index (χ1) is 16.9. The number of alkyl halides is 1. The van der Waals surface area contributed by atoms with E-state index in [1.807, 2.05) is 17.8 Å². The fourth-order valence-electron chi connectivity index (χ4n) is 3.47. The Bertz CT molecular complexity index is 1570. The normalized spacial score (nSPS) is 11.4. The number of terminal acetylenes is 1. The Kier molecular flexibility index (Phi) is 7.04. The number of halogens is 2. The summed E-state index contributed by atoms with van der Waals surface area (Å²) in [7, 11) is 3.58. The second-order valence-corrected chi connectivity index (χ2v) is 8.19. The molecule has 4 heterocycles. The number of hydrogen-bond donors (Lipinski definition) is 0. The zero-order valence-corrected chi connectivity index (χ0v) is 19.8. The van der Waals surface area contributed by atoms with Crippen molar-refractivity contribution in [2.45, 2.75) is 6.17 Å². The fourth-order valence-corrected chi connectivity index (χ4v) is 3.60. The molecule has 1 aromatic carbocycles. The molecule has 5 rings (SSSR count). The molecular weight excluding hydrogens is 465 g/mol. The van der Waals surface area contributed by atoms with E-state index >= 15 is 4.39 Å². The number of pyridine rings is 3. The van der Waals surface area contributed by atoms with E-state index in [0.29, 0.717) is 38.6 Å². The molecule has 0 fully saturated rings. The van der Waals surface area contributed by atoms with Crippen LogP contribution in [0.15, 0.2) is 84.2 Å². The number of hydrogen-bond acceptors (Lipinski definition) is 4. The predicted octanol–water partition coefficient (Wildman–Crippen LogP) is 5.11. The SMILES string of the molecule is C#Cc1cccc(-c2cc(=O)n(C)c3ccc(C(F)c4ccc(Cl)cc4)nc23)n1.Cn1ccnc1. The largest absolute Gasteiger partial charge is 0.341 e. The van der Waals surface area contributed by atoms with Gasteiger partial charge in [0.15, 0.2) is 6.17 Å². The molecule has 0 aliphatic heterocycles. The van der Waals surface area contributed by atoms with Crippen molar-refractivity contribution >= 4 is 22.6 Å². The lowest BCUT2D eigenvalue weighted by Gasteiger charge is -2.13. The van der Waals surface area contributed by atoms with Crippen LogP contribution >= 0.6 is 11.6 Å². The van der Waals surface area contributed by atoms with Gasteiger partial charge in [-0.3, -0.25) is 4.79 Å². The van der Waals surface area contributed by atoms with Crippen molar-refractivity contribution in [1.82, 2.24) is 24.1 Å². The Labute approximate surface area is 206 Å². The minimum atomic E-state index is -1.44. The van der Waals surface area contributed by atoms with Gasteiger partial charge >= 0.3 is 0 Å². The average Bonchev–Trinajstić information content (AvgIpc) is 3.37. The molecule has 8 heteroatoms. The van der Waals surface area contributed by atoms with E-state index in [4.69, 9.17) is 18.0 Å². The molecule has 1 unspecified atom stereocenters. The molecule has 0 radical (unpaired) electrons. The van der Waals surface area contributed by atoms with E-state index in [-0.39, 0.29) is 11.3 Å². The Balaban J connectivity index is 0.000000421. The van der Waals surface area contributed by atoms with Crippen molar-refractivity contribution in [2.24, 2.45) is 14.1 Å². The highest BCUT2D eigenvalue weighted by atomic mass is 35.5. The fraction of sp³-hybridized carbons (Fsp3) is 0.111. The number of fused-ring (bicyclic) bond motifs is 1. The highest BCUT2D eigenvalue weighted by molar-refractivity contribution is 6.30. The highest BCUT2D eigenvalue weighted by Gasteiger charge is 2.18. The first-order valence-corrected chi connectivity index (χ1v) is 11.0. The molecule has 0 aliphatic rings. The summed E-state index contributed by atoms with van der Waals surface area (Å²) in [5.74, 6) is 2.48. The van der Waals surface area contributed by atoms with E-state index in [9.17, 15) is 4.79 Å². The first-order valence-electron chi connectivity index (χ1n) is 10.6. The average molecular weight is 486 g/mol. The van der Waals surface area contributed by atoms with Crippen molar-refractivity contribution in [3.63, 3.8) is 0 Å². The van der Waals surface area contributed by atoms with Gasteiger partial charge in [0.1, 0.15) is 5.69 Å². The minimum absolute atomic E-state index is 0.218. The lowest BCUT2D eigenvalue weighted by Crippen LogP contribution is -2.17. The Morgan fingerprint density at radius 1 is 1.06 bits per heavy atom. The summed E-state index contributed by atoms with van der Waals surface area (Å²) in [6.07, 6.45) is 9.40. The summed E-state index contributed by atoms with van der Waals surface area (Å²) < 4.78 is 18.5. The maximum atomic E-state index is 15.1. The van der Waals surface area contributed by atoms with Crippen molar-refractivity contribution in [2.75, 3.05) is 0 Å². The minimum Gasteiger partial charge on any atom is -0.341 e. The molecule has 4 aromatic heterocycles. The van der Waals surface area contributed by atoms with Crippen LogP contribution in [0.1, 0.15) is 23.1 Å². The molecule has 0 N–H and O–H groups in total. The summed E-state index contributed by atoms with van der Waals surface area (Å²) in [6, 6.07) is 16.4. The summed E-state index contributed by atoms with van der Waals surface area (Å²) in [4.78, 5) is 25.2. The van der Waals surface area contributed by atoms with Crippen molar-refractivity contribution < 1.29 is 4.39 Å². The molecule has 0 amide bonds. The van der Waals surface area contributed by atoms with E-state index in [1.54, 1.807) is 74.2 Å². The third-order valence-corrected chi connectivity index (χ3v) is 5.59. The Morgan fingerprint density at radius 3 is 2.46 bits per heavy atom. The third-order valence-electron chi connectivity index (χ3n) is 5.34. The maximum Gasteiger partial charge on any atom is 0.251 e. The van der Waals surface area contributed by atoms with Crippen LogP contribution in [0.25, 0.3) is 22.3 Å². The number of rotatable bonds is 3. The number of aromatic nitrogens is 5. The number of imidazole rings is 1. The van der Waals surface area contributed by atoms with Gasteiger partial charge in [-0.15, -0.1) is 6.42 Å². The van der Waals surface area contributed by atoms with Gasteiger partial charge in [0.2, 0.25) is 0 Å². The van der Waals surface area contributed by atoms with Gasteiger partial charge in [-0.1, -0.05) is 35.7 Å². The second kappa shape index (κ2) is 10.3. The van der Waals surface area contributed by atoms with Crippen LogP contribution < -0.4 is 5.56 Å². The van der Waals surface area contributed by atoms with Crippen molar-refractivity contribution in [1.29, 1.82) is 0 Å². The van der Waals surface area contributed by atoms with E-state index in [2.05, 4.69) is 20.9 Å². The zero-order valence-electron chi connectivity index (χ0n) is 19.1. The topological polar surface area (TPSA) is 65.6 Å². The standard InChI is InChI=1S/C23H15ClFN3O.C4H6N2/c1-3-16-5-4-6-18(26-16)17-13-21(29)28(2)20-12-11-19(27-23(17)20)22(25)14-7-9-15(24)10-8-14;1-6-3-2-5-4-6/h1,4-13,22H,2H3;2-4H,1H3. The van der Waals surface area contributed by atoms with Crippen LogP contribution in [0.4, 0.5) is 4.39 Å². The van der Waals surface area contributed by atoms with Crippen LogP contribution in [0.2, 0.25) is 5.02 Å². The zero-order chi connectivity index (χ0) is 24.9. The van der Waals surface area contributed by atoms with Gasteiger partial charge in [0.05, 0.1) is 28.7 Å². The molecule has 5 aromatic rings. The van der Waals surface area contributed by atoms with E-state index < -0.39 is 6.17 Å². The van der Waals surface area contributed by atoms with Crippen molar-refractivity contribution in [3.05, 3.63) is 112 Å². The van der Waals surface area contributed by atoms with Gasteiger partial charge in [-0.2, -0.15) is 0 Å². The number of nitrogens with zero attached hydrogens (tertiary/aromatic N) is 5. The van der Waals surface area contributed by atoms with Gasteiger partial charge in [0, 0.05) is 43.1 Å². The summed E-state index contributed by atoms with van der Waals surface area (Å²) in [5, 5.41) is 0.532. The molecular formula is C27H21ClFN5O. The molecule has 35 heavy (non-hydrogen) atoms. The van der Waals surface area contributed by atoms with Gasteiger partial charge < -0.3 is 9.13 Å². The predicted molar refractivity (Wildman–Crippen MR) is 136 cm³/mol. The van der Waals surface area contributed by atoms with Gasteiger partial charge in [-0.25, -0.2) is 19.3 Å². The molecule has 6 nitrogen and oxygen atoms in total. The van der Waals surface area contributed by atoms with Crippen LogP contribution in [0, 0.1) is 12.3 Å². The molecule has 174 valence electrons. The second-order valence-electron chi connectivity index (χ2n) is 7.75.